The van der Waals surface area contributed by atoms with Gasteiger partial charge in [0.05, 0.1) is 10.2 Å². The third-order valence-corrected chi connectivity index (χ3v) is 8.63. The predicted molar refractivity (Wildman–Crippen MR) is 143 cm³/mol. The van der Waals surface area contributed by atoms with Crippen molar-refractivity contribution < 1.29 is 4.79 Å². The number of thiazole rings is 1. The maximum atomic E-state index is 13.2. The first-order valence-electron chi connectivity index (χ1n) is 11.7. The van der Waals surface area contributed by atoms with Crippen LogP contribution in [0.5, 0.6) is 0 Å². The number of benzene rings is 3. The summed E-state index contributed by atoms with van der Waals surface area (Å²) in [6, 6.07) is 26.6. The summed E-state index contributed by atoms with van der Waals surface area (Å²) >= 11 is 3.44. The molecule has 0 radical (unpaired) electrons. The first-order valence-corrected chi connectivity index (χ1v) is 13.3. The van der Waals surface area contributed by atoms with Crippen LogP contribution in [0.4, 0.5) is 5.00 Å². The van der Waals surface area contributed by atoms with Gasteiger partial charge in [-0.15, -0.1) is 22.7 Å². The van der Waals surface area contributed by atoms with Crippen LogP contribution in [-0.4, -0.2) is 10.9 Å². The summed E-state index contributed by atoms with van der Waals surface area (Å²) in [5.41, 5.74) is 6.68. The lowest BCUT2D eigenvalue weighted by molar-refractivity contribution is 0.102. The van der Waals surface area contributed by atoms with Crippen LogP contribution < -0.4 is 5.32 Å². The maximum absolute atomic E-state index is 13.2. The standard InChI is InChI=1S/C29H24N2OS2/c32-27(21-16-14-20(15-17-21)18-19-8-2-1-3-9-19)31-29-26(22-10-4-6-12-24(22)33-29)28-30-23-11-5-7-13-25(23)34-28/h1-3,5,7-9,11,13-17H,4,6,10,12,18H2,(H,31,32). The van der Waals surface area contributed by atoms with Crippen LogP contribution in [0.1, 0.15) is 44.8 Å². The van der Waals surface area contributed by atoms with Crippen molar-refractivity contribution in [3.8, 4) is 10.6 Å². The monoisotopic (exact) mass is 480 g/mol. The van der Waals surface area contributed by atoms with Gasteiger partial charge in [0.2, 0.25) is 0 Å². The third kappa shape index (κ3) is 4.17. The summed E-state index contributed by atoms with van der Waals surface area (Å²) in [6.07, 6.45) is 5.41. The van der Waals surface area contributed by atoms with Gasteiger partial charge >= 0.3 is 0 Å². The van der Waals surface area contributed by atoms with E-state index in [1.165, 1.54) is 39.1 Å². The molecule has 5 aromatic rings. The molecule has 0 fully saturated rings. The Balaban J connectivity index is 1.29. The molecule has 5 heteroatoms. The summed E-state index contributed by atoms with van der Waals surface area (Å²) < 4.78 is 1.18. The molecule has 3 nitrogen and oxygen atoms in total. The molecule has 168 valence electrons. The lowest BCUT2D eigenvalue weighted by atomic mass is 9.95. The largest absolute Gasteiger partial charge is 0.313 e. The Labute approximate surface area is 207 Å². The number of hydrogen-bond donors (Lipinski definition) is 1. The van der Waals surface area contributed by atoms with E-state index >= 15 is 0 Å². The second-order valence-corrected chi connectivity index (χ2v) is 10.9. The number of nitrogens with one attached hydrogen (secondary N) is 1. The molecule has 0 aliphatic heterocycles. The second-order valence-electron chi connectivity index (χ2n) is 8.72. The Morgan fingerprint density at radius 3 is 2.38 bits per heavy atom. The number of fused-ring (bicyclic) bond motifs is 2. The van der Waals surface area contributed by atoms with Crippen molar-refractivity contribution in [2.75, 3.05) is 5.32 Å². The number of nitrogens with zero attached hydrogens (tertiary/aromatic N) is 1. The van der Waals surface area contributed by atoms with Crippen molar-refractivity contribution in [1.82, 2.24) is 4.98 Å². The lowest BCUT2D eigenvalue weighted by Gasteiger charge is -2.12. The van der Waals surface area contributed by atoms with Crippen molar-refractivity contribution in [2.45, 2.75) is 32.1 Å². The highest BCUT2D eigenvalue weighted by Gasteiger charge is 2.25. The van der Waals surface area contributed by atoms with Gasteiger partial charge in [-0.2, -0.15) is 0 Å². The fraction of sp³-hybridized carbons (Fsp3) is 0.172. The quantitative estimate of drug-likeness (QED) is 0.279. The lowest BCUT2D eigenvalue weighted by Crippen LogP contribution is -2.11. The van der Waals surface area contributed by atoms with E-state index in [-0.39, 0.29) is 5.91 Å². The number of carbonyl (C=O) groups is 1. The van der Waals surface area contributed by atoms with Crippen molar-refractivity contribution in [1.29, 1.82) is 0 Å². The van der Waals surface area contributed by atoms with Crippen LogP contribution >= 0.6 is 22.7 Å². The number of aromatic nitrogens is 1. The smallest absolute Gasteiger partial charge is 0.256 e. The van der Waals surface area contributed by atoms with Crippen LogP contribution in [0.15, 0.2) is 78.9 Å². The molecule has 0 saturated carbocycles. The van der Waals surface area contributed by atoms with Gasteiger partial charge in [-0.05, 0) is 73.1 Å². The molecule has 1 aliphatic rings. The average Bonchev–Trinajstić information content (AvgIpc) is 3.45. The minimum absolute atomic E-state index is 0.0628. The van der Waals surface area contributed by atoms with E-state index in [1.54, 1.807) is 22.7 Å². The van der Waals surface area contributed by atoms with E-state index < -0.39 is 0 Å². The van der Waals surface area contributed by atoms with Crippen molar-refractivity contribution in [2.24, 2.45) is 0 Å². The van der Waals surface area contributed by atoms with Crippen LogP contribution in [0, 0.1) is 0 Å². The summed E-state index contributed by atoms with van der Waals surface area (Å²) in [6.45, 7) is 0. The molecule has 1 amide bonds. The first kappa shape index (κ1) is 21.3. The third-order valence-electron chi connectivity index (χ3n) is 6.37. The van der Waals surface area contributed by atoms with Gasteiger partial charge in [0.1, 0.15) is 10.0 Å². The average molecular weight is 481 g/mol. The van der Waals surface area contributed by atoms with Crippen LogP contribution in [-0.2, 0) is 19.3 Å². The first-order chi connectivity index (χ1) is 16.7. The summed E-state index contributed by atoms with van der Waals surface area (Å²) in [4.78, 5) is 19.6. The molecule has 1 N–H and O–H groups in total. The molecule has 1 aliphatic carbocycles. The summed E-state index contributed by atoms with van der Waals surface area (Å²) in [5.74, 6) is -0.0628. The van der Waals surface area contributed by atoms with E-state index in [1.807, 2.05) is 24.3 Å². The van der Waals surface area contributed by atoms with Gasteiger partial charge < -0.3 is 5.32 Å². The van der Waals surface area contributed by atoms with E-state index in [0.717, 1.165) is 40.4 Å². The van der Waals surface area contributed by atoms with Crippen LogP contribution in [0.25, 0.3) is 20.8 Å². The number of anilines is 1. The molecule has 0 saturated heterocycles. The molecule has 2 heterocycles. The molecule has 0 atom stereocenters. The minimum atomic E-state index is -0.0628. The predicted octanol–water partition coefficient (Wildman–Crippen LogP) is 7.75. The molecule has 2 aromatic heterocycles. The molecular formula is C29H24N2OS2. The number of amides is 1. The Morgan fingerprint density at radius 2 is 1.56 bits per heavy atom. The van der Waals surface area contributed by atoms with Crippen molar-refractivity contribution >= 4 is 43.8 Å². The fourth-order valence-electron chi connectivity index (χ4n) is 4.64. The van der Waals surface area contributed by atoms with Gasteiger partial charge in [0, 0.05) is 16.0 Å². The number of aryl methyl sites for hydroxylation is 1. The minimum Gasteiger partial charge on any atom is -0.313 e. The molecular weight excluding hydrogens is 456 g/mol. The summed E-state index contributed by atoms with van der Waals surface area (Å²) in [5, 5.41) is 5.19. The highest BCUT2D eigenvalue weighted by molar-refractivity contribution is 7.23. The molecule has 3 aromatic carbocycles. The number of thiophene rings is 1. The van der Waals surface area contributed by atoms with Gasteiger partial charge in [-0.1, -0.05) is 54.6 Å². The Kier molecular flexibility index (Phi) is 5.73. The Hall–Kier alpha value is -3.28. The SMILES string of the molecule is O=C(Nc1sc2c(c1-c1nc3ccccc3s1)CCCC2)c1ccc(Cc2ccccc2)cc1. The highest BCUT2D eigenvalue weighted by atomic mass is 32.1. The van der Waals surface area contributed by atoms with E-state index in [2.05, 4.69) is 59.9 Å². The van der Waals surface area contributed by atoms with Crippen molar-refractivity contribution in [3.63, 3.8) is 0 Å². The zero-order valence-corrected chi connectivity index (χ0v) is 20.3. The summed E-state index contributed by atoms with van der Waals surface area (Å²) in [7, 11) is 0. The van der Waals surface area contributed by atoms with Gasteiger partial charge in [-0.3, -0.25) is 4.79 Å². The second kappa shape index (κ2) is 9.16. The fourth-order valence-corrected chi connectivity index (χ4v) is 7.04. The normalized spacial score (nSPS) is 13.1. The molecule has 34 heavy (non-hydrogen) atoms. The Bertz CT molecular complexity index is 1430. The molecule has 0 bridgehead atoms. The van der Waals surface area contributed by atoms with Gasteiger partial charge in [0.25, 0.3) is 5.91 Å². The topological polar surface area (TPSA) is 42.0 Å². The van der Waals surface area contributed by atoms with Gasteiger partial charge in [-0.25, -0.2) is 4.98 Å². The highest BCUT2D eigenvalue weighted by Crippen LogP contribution is 2.46. The molecule has 0 spiro atoms. The number of carbonyl (C=O) groups excluding carboxylic acids is 1. The molecule has 0 unspecified atom stereocenters. The zero-order valence-electron chi connectivity index (χ0n) is 18.7. The van der Waals surface area contributed by atoms with E-state index in [4.69, 9.17) is 4.98 Å². The van der Waals surface area contributed by atoms with Crippen LogP contribution in [0.3, 0.4) is 0 Å². The Morgan fingerprint density at radius 1 is 0.824 bits per heavy atom. The van der Waals surface area contributed by atoms with E-state index in [0.29, 0.717) is 5.56 Å². The van der Waals surface area contributed by atoms with Crippen molar-refractivity contribution in [3.05, 3.63) is 106 Å². The van der Waals surface area contributed by atoms with Crippen LogP contribution in [0.2, 0.25) is 0 Å². The number of hydrogen-bond acceptors (Lipinski definition) is 4. The number of para-hydroxylation sites is 1. The number of rotatable bonds is 5. The maximum Gasteiger partial charge on any atom is 0.256 e. The van der Waals surface area contributed by atoms with Gasteiger partial charge in [0.15, 0.2) is 0 Å². The van der Waals surface area contributed by atoms with E-state index in [9.17, 15) is 4.79 Å². The zero-order chi connectivity index (χ0) is 22.9. The molecule has 6 rings (SSSR count).